The molecule has 6 nitrogen and oxygen atoms in total. The number of fused-ring (bicyclic) bond motifs is 1. The topological polar surface area (TPSA) is 61.2 Å². The molecule has 1 aliphatic heterocycles. The molecule has 1 saturated heterocycles. The van der Waals surface area contributed by atoms with Crippen molar-refractivity contribution in [3.8, 4) is 17.1 Å². The van der Waals surface area contributed by atoms with Crippen molar-refractivity contribution in [1.82, 2.24) is 19.9 Å². The highest BCUT2D eigenvalue weighted by Gasteiger charge is 2.28. The molecule has 1 aliphatic rings. The van der Waals surface area contributed by atoms with E-state index in [9.17, 15) is 0 Å². The predicted molar refractivity (Wildman–Crippen MR) is 111 cm³/mol. The first-order valence-corrected chi connectivity index (χ1v) is 9.86. The van der Waals surface area contributed by atoms with Gasteiger partial charge in [0.2, 0.25) is 5.88 Å². The van der Waals surface area contributed by atoms with Crippen LogP contribution in [0.3, 0.4) is 0 Å². The smallest absolute Gasteiger partial charge is 0.223 e. The number of hydrogen-bond acceptors (Lipinski definition) is 5. The molecule has 0 spiro atoms. The second-order valence-electron chi connectivity index (χ2n) is 8.27. The quantitative estimate of drug-likeness (QED) is 0.729. The minimum Gasteiger partial charge on any atom is -0.474 e. The molecule has 0 aromatic carbocycles. The molecule has 0 bridgehead atoms. The van der Waals surface area contributed by atoms with Gasteiger partial charge >= 0.3 is 0 Å². The third-order valence-corrected chi connectivity index (χ3v) is 4.99. The van der Waals surface area contributed by atoms with Crippen LogP contribution < -0.4 is 10.1 Å². The van der Waals surface area contributed by atoms with Crippen LogP contribution in [0.15, 0.2) is 42.9 Å². The maximum absolute atomic E-state index is 6.15. The van der Waals surface area contributed by atoms with Crippen molar-refractivity contribution in [3.05, 3.63) is 42.9 Å². The average Bonchev–Trinajstić information content (AvgIpc) is 3.16. The van der Waals surface area contributed by atoms with Crippen LogP contribution in [-0.2, 0) is 4.74 Å². The van der Waals surface area contributed by atoms with Gasteiger partial charge in [0, 0.05) is 43.3 Å². The van der Waals surface area contributed by atoms with Gasteiger partial charge in [0.15, 0.2) is 0 Å². The van der Waals surface area contributed by atoms with Crippen LogP contribution in [0.2, 0.25) is 0 Å². The summed E-state index contributed by atoms with van der Waals surface area (Å²) in [4.78, 5) is 9.33. The van der Waals surface area contributed by atoms with Crippen LogP contribution in [0, 0.1) is 0 Å². The van der Waals surface area contributed by atoms with E-state index in [1.54, 1.807) is 6.20 Å². The molecule has 1 fully saturated rings. The van der Waals surface area contributed by atoms with E-state index in [4.69, 9.17) is 14.5 Å². The zero-order valence-electron chi connectivity index (χ0n) is 17.0. The minimum atomic E-state index is -0.190. The Balaban J connectivity index is 1.63. The number of morpholine rings is 1. The van der Waals surface area contributed by atoms with Crippen molar-refractivity contribution in [2.75, 3.05) is 19.7 Å². The Kier molecular flexibility index (Phi) is 5.08. The van der Waals surface area contributed by atoms with Crippen LogP contribution in [-0.4, -0.2) is 45.9 Å². The van der Waals surface area contributed by atoms with Crippen LogP contribution in [0.25, 0.3) is 22.2 Å². The number of nitrogens with one attached hydrogen (secondary N) is 1. The van der Waals surface area contributed by atoms with E-state index in [2.05, 4.69) is 61.0 Å². The lowest BCUT2D eigenvalue weighted by atomic mass is 10.1. The summed E-state index contributed by atoms with van der Waals surface area (Å²) in [6.45, 7) is 10.6. The summed E-state index contributed by atoms with van der Waals surface area (Å²) in [5, 5.41) is 4.32. The number of nitrogens with zero attached hydrogens (tertiary/aromatic N) is 3. The number of rotatable bonds is 5. The summed E-state index contributed by atoms with van der Waals surface area (Å²) in [6, 6.07) is 8.41. The maximum atomic E-state index is 6.15. The van der Waals surface area contributed by atoms with Gasteiger partial charge in [-0.1, -0.05) is 0 Å². The van der Waals surface area contributed by atoms with Crippen molar-refractivity contribution in [3.63, 3.8) is 0 Å². The first-order valence-electron chi connectivity index (χ1n) is 9.86. The number of aromatic nitrogens is 3. The summed E-state index contributed by atoms with van der Waals surface area (Å²) >= 11 is 0. The average molecular weight is 380 g/mol. The molecule has 148 valence electrons. The summed E-state index contributed by atoms with van der Waals surface area (Å²) in [6.07, 6.45) is 5.98. The fraction of sp³-hybridized carbons (Fsp3) is 0.455. The Hall–Kier alpha value is -2.44. The second kappa shape index (κ2) is 7.53. The van der Waals surface area contributed by atoms with E-state index in [1.807, 2.05) is 18.2 Å². The first-order chi connectivity index (χ1) is 13.4. The van der Waals surface area contributed by atoms with E-state index >= 15 is 0 Å². The Morgan fingerprint density at radius 1 is 1.36 bits per heavy atom. The molecule has 3 aromatic rings. The summed E-state index contributed by atoms with van der Waals surface area (Å²) < 4.78 is 14.4. The molecule has 1 N–H and O–H groups in total. The minimum absolute atomic E-state index is 0.0112. The van der Waals surface area contributed by atoms with Gasteiger partial charge in [-0.15, -0.1) is 0 Å². The molecule has 0 aliphatic carbocycles. The number of hydrogen-bond donors (Lipinski definition) is 1. The highest BCUT2D eigenvalue weighted by molar-refractivity contribution is 5.86. The van der Waals surface area contributed by atoms with Crippen LogP contribution >= 0.6 is 0 Å². The summed E-state index contributed by atoms with van der Waals surface area (Å²) in [5.41, 5.74) is 2.61. The fourth-order valence-electron chi connectivity index (χ4n) is 3.52. The maximum Gasteiger partial charge on any atom is 0.223 e. The van der Waals surface area contributed by atoms with Crippen LogP contribution in [0.5, 0.6) is 5.88 Å². The highest BCUT2D eigenvalue weighted by Crippen LogP contribution is 2.29. The molecule has 0 unspecified atom stereocenters. The zero-order valence-corrected chi connectivity index (χ0v) is 17.0. The number of pyridine rings is 2. The van der Waals surface area contributed by atoms with E-state index < -0.39 is 0 Å². The molecule has 6 heteroatoms. The Morgan fingerprint density at radius 2 is 2.21 bits per heavy atom. The predicted octanol–water partition coefficient (Wildman–Crippen LogP) is 3.83. The van der Waals surface area contributed by atoms with Gasteiger partial charge in [0.25, 0.3) is 0 Å². The lowest BCUT2D eigenvalue weighted by Gasteiger charge is -2.36. The van der Waals surface area contributed by atoms with Crippen LogP contribution in [0.1, 0.15) is 33.7 Å². The van der Waals surface area contributed by atoms with Crippen molar-refractivity contribution in [2.24, 2.45) is 0 Å². The fourth-order valence-corrected chi connectivity index (χ4v) is 3.52. The molecule has 4 rings (SSSR count). The van der Waals surface area contributed by atoms with Gasteiger partial charge in [-0.25, -0.2) is 4.98 Å². The molecule has 0 amide bonds. The third-order valence-electron chi connectivity index (χ3n) is 4.99. The van der Waals surface area contributed by atoms with E-state index in [0.717, 1.165) is 35.2 Å². The molecular formula is C22H28N4O2. The molecular weight excluding hydrogens is 352 g/mol. The molecule has 4 heterocycles. The third kappa shape index (κ3) is 4.03. The van der Waals surface area contributed by atoms with Gasteiger partial charge in [0.1, 0.15) is 12.7 Å². The van der Waals surface area contributed by atoms with Crippen molar-refractivity contribution >= 4 is 10.9 Å². The summed E-state index contributed by atoms with van der Waals surface area (Å²) in [7, 11) is 0. The zero-order chi connectivity index (χ0) is 19.7. The summed E-state index contributed by atoms with van der Waals surface area (Å²) in [5.74, 6) is 0.602. The molecule has 1 atom stereocenters. The van der Waals surface area contributed by atoms with E-state index in [1.165, 1.54) is 0 Å². The van der Waals surface area contributed by atoms with E-state index in [0.29, 0.717) is 18.5 Å². The first kappa shape index (κ1) is 18.9. The van der Waals surface area contributed by atoms with E-state index in [-0.39, 0.29) is 11.7 Å². The van der Waals surface area contributed by atoms with Gasteiger partial charge in [-0.2, -0.15) is 0 Å². The Morgan fingerprint density at radius 3 is 2.96 bits per heavy atom. The van der Waals surface area contributed by atoms with Crippen molar-refractivity contribution < 1.29 is 9.47 Å². The lowest BCUT2D eigenvalue weighted by molar-refractivity contribution is -0.107. The Labute approximate surface area is 165 Å². The van der Waals surface area contributed by atoms with Crippen molar-refractivity contribution in [1.29, 1.82) is 0 Å². The van der Waals surface area contributed by atoms with Gasteiger partial charge in [0.05, 0.1) is 22.2 Å². The highest BCUT2D eigenvalue weighted by atomic mass is 16.6. The van der Waals surface area contributed by atoms with Crippen molar-refractivity contribution in [2.45, 2.75) is 45.4 Å². The molecule has 28 heavy (non-hydrogen) atoms. The normalized spacial score (nSPS) is 19.2. The Bertz CT molecular complexity index is 964. The number of ether oxygens (including phenoxy) is 2. The molecule has 0 radical (unpaired) electrons. The molecule has 0 saturated carbocycles. The molecule has 3 aromatic heterocycles. The standard InChI is InChI=1S/C22H28N4O2/c1-15(2)26-9-7-16(12-26)19-10-20-18(6-5-8-24-20)21(25-19)27-13-17-11-23-14-22(3,4)28-17/h5-10,12,15,17,23H,11,13-14H2,1-4H3/t17-/m0/s1. The van der Waals surface area contributed by atoms with Gasteiger partial charge in [-0.3, -0.25) is 4.98 Å². The lowest BCUT2D eigenvalue weighted by Crippen LogP contribution is -2.52. The van der Waals surface area contributed by atoms with Crippen LogP contribution in [0.4, 0.5) is 0 Å². The second-order valence-corrected chi connectivity index (χ2v) is 8.27. The van der Waals surface area contributed by atoms with Gasteiger partial charge in [-0.05, 0) is 52.0 Å². The van der Waals surface area contributed by atoms with Gasteiger partial charge < -0.3 is 19.4 Å². The monoisotopic (exact) mass is 380 g/mol. The largest absolute Gasteiger partial charge is 0.474 e. The SMILES string of the molecule is CC(C)n1ccc(-c2cc3ncccc3c(OC[C@@H]3CNCC(C)(C)O3)n2)c1.